The lowest BCUT2D eigenvalue weighted by Crippen LogP contribution is -2.14. The van der Waals surface area contributed by atoms with Crippen molar-refractivity contribution in [3.8, 4) is 0 Å². The molecule has 0 saturated heterocycles. The minimum atomic E-state index is -0.633. The first-order valence-electron chi connectivity index (χ1n) is 5.90. The lowest BCUT2D eigenvalue weighted by atomic mass is 10.1. The molecular formula is C14H10BrClN2O3. The Balaban J connectivity index is 2.32. The second-order valence-corrected chi connectivity index (χ2v) is 5.63. The number of hydrogen-bond donors (Lipinski definition) is 1. The van der Waals surface area contributed by atoms with Crippen molar-refractivity contribution in [3.63, 3.8) is 0 Å². The smallest absolute Gasteiger partial charge is 0.283 e. The summed E-state index contributed by atoms with van der Waals surface area (Å²) in [4.78, 5) is 22.5. The minimum Gasteiger partial charge on any atom is -0.322 e. The fourth-order valence-corrected chi connectivity index (χ4v) is 2.26. The van der Waals surface area contributed by atoms with E-state index in [1.165, 1.54) is 12.1 Å². The molecule has 2 aromatic rings. The zero-order chi connectivity index (χ0) is 15.6. The van der Waals surface area contributed by atoms with E-state index in [4.69, 9.17) is 11.6 Å². The molecule has 1 N–H and O–H groups in total. The van der Waals surface area contributed by atoms with Crippen LogP contribution >= 0.6 is 27.5 Å². The highest BCUT2D eigenvalue weighted by Gasteiger charge is 2.20. The molecule has 0 atom stereocenters. The van der Waals surface area contributed by atoms with Gasteiger partial charge in [0.25, 0.3) is 11.6 Å². The van der Waals surface area contributed by atoms with Crippen molar-refractivity contribution >= 4 is 44.8 Å². The Morgan fingerprint density at radius 1 is 1.29 bits per heavy atom. The van der Waals surface area contributed by atoms with Gasteiger partial charge in [-0.05, 0) is 36.8 Å². The minimum absolute atomic E-state index is 0.0407. The Morgan fingerprint density at radius 2 is 2.00 bits per heavy atom. The molecule has 108 valence electrons. The number of anilines is 1. The zero-order valence-corrected chi connectivity index (χ0v) is 13.2. The number of rotatable bonds is 3. The number of nitrogens with one attached hydrogen (secondary N) is 1. The van der Waals surface area contributed by atoms with Crippen LogP contribution in [0.15, 0.2) is 40.9 Å². The number of nitro groups is 1. The van der Waals surface area contributed by atoms with E-state index in [0.717, 1.165) is 16.1 Å². The van der Waals surface area contributed by atoms with Crippen molar-refractivity contribution in [2.75, 3.05) is 5.32 Å². The summed E-state index contributed by atoms with van der Waals surface area (Å²) >= 11 is 9.08. The fourth-order valence-electron chi connectivity index (χ4n) is 1.72. The second kappa shape index (κ2) is 6.24. The molecule has 0 aromatic heterocycles. The van der Waals surface area contributed by atoms with Gasteiger partial charge in [0.15, 0.2) is 0 Å². The largest absolute Gasteiger partial charge is 0.322 e. The van der Waals surface area contributed by atoms with Crippen LogP contribution in [0.3, 0.4) is 0 Å². The Kier molecular flexibility index (Phi) is 4.59. The number of carbonyl (C=O) groups is 1. The van der Waals surface area contributed by atoms with Crippen LogP contribution in [0.5, 0.6) is 0 Å². The lowest BCUT2D eigenvalue weighted by molar-refractivity contribution is -0.385. The van der Waals surface area contributed by atoms with Crippen LogP contribution in [0.4, 0.5) is 11.4 Å². The van der Waals surface area contributed by atoms with Gasteiger partial charge in [0.05, 0.1) is 4.92 Å². The van der Waals surface area contributed by atoms with Crippen LogP contribution in [0.1, 0.15) is 15.9 Å². The van der Waals surface area contributed by atoms with Gasteiger partial charge in [-0.15, -0.1) is 0 Å². The first kappa shape index (κ1) is 15.5. The number of nitro benzene ring substituents is 1. The first-order chi connectivity index (χ1) is 9.88. The molecule has 2 aromatic carbocycles. The fraction of sp³-hybridized carbons (Fsp3) is 0.0714. The standard InChI is InChI=1S/C14H10BrClN2O3/c1-8-2-4-10(7-12(8)15)17-14(19)11-5-3-9(16)6-13(11)18(20)21/h2-7H,1H3,(H,17,19). The van der Waals surface area contributed by atoms with E-state index in [1.54, 1.807) is 12.1 Å². The lowest BCUT2D eigenvalue weighted by Gasteiger charge is -2.07. The van der Waals surface area contributed by atoms with E-state index in [9.17, 15) is 14.9 Å². The molecule has 21 heavy (non-hydrogen) atoms. The third-order valence-corrected chi connectivity index (χ3v) is 3.92. The summed E-state index contributed by atoms with van der Waals surface area (Å²) in [6, 6.07) is 9.21. The third-order valence-electron chi connectivity index (χ3n) is 2.83. The normalized spacial score (nSPS) is 10.2. The predicted molar refractivity (Wildman–Crippen MR) is 84.9 cm³/mol. The summed E-state index contributed by atoms with van der Waals surface area (Å²) in [5.41, 5.74) is 1.19. The van der Waals surface area contributed by atoms with E-state index >= 15 is 0 Å². The highest BCUT2D eigenvalue weighted by molar-refractivity contribution is 9.10. The SMILES string of the molecule is Cc1ccc(NC(=O)c2ccc(Cl)cc2[N+](=O)[O-])cc1Br. The van der Waals surface area contributed by atoms with Crippen LogP contribution in [0.2, 0.25) is 5.02 Å². The number of halogens is 2. The number of hydrogen-bond acceptors (Lipinski definition) is 3. The van der Waals surface area contributed by atoms with Gasteiger partial charge >= 0.3 is 0 Å². The predicted octanol–water partition coefficient (Wildman–Crippen LogP) is 4.57. The Bertz CT molecular complexity index is 734. The molecule has 0 radical (unpaired) electrons. The van der Waals surface area contributed by atoms with Crippen molar-refractivity contribution < 1.29 is 9.72 Å². The summed E-state index contributed by atoms with van der Waals surface area (Å²) in [7, 11) is 0. The molecule has 0 spiro atoms. The van der Waals surface area contributed by atoms with Gasteiger partial charge in [0, 0.05) is 21.2 Å². The molecule has 0 unspecified atom stereocenters. The van der Waals surface area contributed by atoms with Crippen molar-refractivity contribution in [3.05, 3.63) is 67.1 Å². The second-order valence-electron chi connectivity index (χ2n) is 4.34. The third kappa shape index (κ3) is 3.59. The Hall–Kier alpha value is -1.92. The molecular weight excluding hydrogens is 360 g/mol. The molecule has 0 aliphatic rings. The topological polar surface area (TPSA) is 72.2 Å². The molecule has 0 fully saturated rings. The highest BCUT2D eigenvalue weighted by Crippen LogP contribution is 2.25. The molecule has 0 saturated carbocycles. The average molecular weight is 370 g/mol. The molecule has 1 amide bonds. The number of amides is 1. The van der Waals surface area contributed by atoms with E-state index in [0.29, 0.717) is 5.69 Å². The average Bonchev–Trinajstić information content (AvgIpc) is 2.42. The van der Waals surface area contributed by atoms with Crippen molar-refractivity contribution in [1.82, 2.24) is 0 Å². The summed E-state index contributed by atoms with van der Waals surface area (Å²) in [5, 5.41) is 13.8. The van der Waals surface area contributed by atoms with E-state index in [2.05, 4.69) is 21.2 Å². The highest BCUT2D eigenvalue weighted by atomic mass is 79.9. The van der Waals surface area contributed by atoms with Gasteiger partial charge in [-0.1, -0.05) is 33.6 Å². The van der Waals surface area contributed by atoms with Crippen molar-refractivity contribution in [2.45, 2.75) is 6.92 Å². The molecule has 0 heterocycles. The quantitative estimate of drug-likeness (QED) is 0.636. The summed E-state index contributed by atoms with van der Waals surface area (Å²) in [6.07, 6.45) is 0. The number of nitrogens with zero attached hydrogens (tertiary/aromatic N) is 1. The van der Waals surface area contributed by atoms with E-state index < -0.39 is 10.8 Å². The monoisotopic (exact) mass is 368 g/mol. The van der Waals surface area contributed by atoms with Crippen molar-refractivity contribution in [1.29, 1.82) is 0 Å². The summed E-state index contributed by atoms with van der Waals surface area (Å²) in [5.74, 6) is -0.561. The summed E-state index contributed by atoms with van der Waals surface area (Å²) < 4.78 is 0.839. The van der Waals surface area contributed by atoms with Gasteiger partial charge in [-0.25, -0.2) is 0 Å². The maximum absolute atomic E-state index is 12.2. The van der Waals surface area contributed by atoms with Crippen molar-refractivity contribution in [2.24, 2.45) is 0 Å². The first-order valence-corrected chi connectivity index (χ1v) is 7.07. The molecule has 7 heteroatoms. The Morgan fingerprint density at radius 3 is 2.62 bits per heavy atom. The van der Waals surface area contributed by atoms with Gasteiger partial charge in [0.1, 0.15) is 5.56 Å². The van der Waals surface area contributed by atoms with Crippen LogP contribution in [-0.2, 0) is 0 Å². The number of aryl methyl sites for hydroxylation is 1. The van der Waals surface area contributed by atoms with Crippen LogP contribution in [-0.4, -0.2) is 10.8 Å². The van der Waals surface area contributed by atoms with Crippen LogP contribution in [0, 0.1) is 17.0 Å². The van der Waals surface area contributed by atoms with Gasteiger partial charge in [-0.3, -0.25) is 14.9 Å². The van der Waals surface area contributed by atoms with E-state index in [-0.39, 0.29) is 16.3 Å². The zero-order valence-electron chi connectivity index (χ0n) is 10.9. The molecule has 0 bridgehead atoms. The molecule has 5 nitrogen and oxygen atoms in total. The van der Waals surface area contributed by atoms with Crippen LogP contribution < -0.4 is 5.32 Å². The van der Waals surface area contributed by atoms with Crippen LogP contribution in [0.25, 0.3) is 0 Å². The molecule has 0 aliphatic carbocycles. The Labute approximate surface area is 134 Å². The molecule has 2 rings (SSSR count). The maximum Gasteiger partial charge on any atom is 0.283 e. The summed E-state index contributed by atoms with van der Waals surface area (Å²) in [6.45, 7) is 1.92. The van der Waals surface area contributed by atoms with Gasteiger partial charge < -0.3 is 5.32 Å². The number of carbonyl (C=O) groups excluding carboxylic acids is 1. The maximum atomic E-state index is 12.2. The number of benzene rings is 2. The van der Waals surface area contributed by atoms with E-state index in [1.807, 2.05) is 13.0 Å². The van der Waals surface area contributed by atoms with Gasteiger partial charge in [0.2, 0.25) is 0 Å². The van der Waals surface area contributed by atoms with Gasteiger partial charge in [-0.2, -0.15) is 0 Å². The molecule has 0 aliphatic heterocycles.